The van der Waals surface area contributed by atoms with Crippen LogP contribution < -0.4 is 4.72 Å². The summed E-state index contributed by atoms with van der Waals surface area (Å²) in [6, 6.07) is 0. The molecule has 0 aliphatic carbocycles. The fourth-order valence-electron chi connectivity index (χ4n) is 1.92. The number of ether oxygens (including phenoxy) is 1. The van der Waals surface area contributed by atoms with Crippen LogP contribution in [0, 0.1) is 11.8 Å². The van der Waals surface area contributed by atoms with Crippen LogP contribution in [-0.4, -0.2) is 44.5 Å². The number of hydrogen-bond acceptors (Lipinski definition) is 4. The lowest BCUT2D eigenvalue weighted by atomic mass is 9.97. The molecule has 106 valence electrons. The van der Waals surface area contributed by atoms with Gasteiger partial charge in [0.15, 0.2) is 0 Å². The van der Waals surface area contributed by atoms with Crippen molar-refractivity contribution in [2.75, 3.05) is 19.8 Å². The highest BCUT2D eigenvalue weighted by Crippen LogP contribution is 2.16. The molecule has 0 bridgehead atoms. The van der Waals surface area contributed by atoms with Gasteiger partial charge < -0.3 is 9.84 Å². The van der Waals surface area contributed by atoms with Crippen molar-refractivity contribution in [3.63, 3.8) is 0 Å². The van der Waals surface area contributed by atoms with Gasteiger partial charge in [-0.1, -0.05) is 13.8 Å². The van der Waals surface area contributed by atoms with E-state index in [1.54, 1.807) is 13.8 Å². The van der Waals surface area contributed by atoms with Crippen molar-refractivity contribution in [3.05, 3.63) is 0 Å². The summed E-state index contributed by atoms with van der Waals surface area (Å²) >= 11 is 0. The van der Waals surface area contributed by atoms with Gasteiger partial charge >= 0.3 is 5.97 Å². The molecule has 1 rings (SSSR count). The van der Waals surface area contributed by atoms with Crippen molar-refractivity contribution in [2.24, 2.45) is 11.8 Å². The standard InChI is InChI=1S/C11H21NO5S/c1-8(2)10(11(13)14)7-12-18(15,16)9-3-5-17-6-4-9/h8-10,12H,3-7H2,1-2H3,(H,13,14). The van der Waals surface area contributed by atoms with E-state index in [1.807, 2.05) is 0 Å². The number of hydrogen-bond donors (Lipinski definition) is 2. The van der Waals surface area contributed by atoms with Gasteiger partial charge in [0.25, 0.3) is 0 Å². The molecule has 2 N–H and O–H groups in total. The zero-order valence-corrected chi connectivity index (χ0v) is 11.6. The molecule has 18 heavy (non-hydrogen) atoms. The maximum absolute atomic E-state index is 12.0. The molecule has 1 atom stereocenters. The second-order valence-electron chi connectivity index (χ2n) is 4.89. The van der Waals surface area contributed by atoms with Crippen LogP contribution >= 0.6 is 0 Å². The number of rotatable bonds is 6. The predicted octanol–water partition coefficient (Wildman–Crippen LogP) is 0.442. The first-order valence-corrected chi connectivity index (χ1v) is 7.68. The third-order valence-electron chi connectivity index (χ3n) is 3.23. The van der Waals surface area contributed by atoms with Crippen molar-refractivity contribution < 1.29 is 23.1 Å². The minimum absolute atomic E-state index is 0.0489. The summed E-state index contributed by atoms with van der Waals surface area (Å²) in [7, 11) is -3.44. The van der Waals surface area contributed by atoms with Gasteiger partial charge in [-0.05, 0) is 18.8 Å². The molecular weight excluding hydrogens is 258 g/mol. The van der Waals surface area contributed by atoms with Crippen molar-refractivity contribution in [2.45, 2.75) is 31.9 Å². The van der Waals surface area contributed by atoms with Gasteiger partial charge in [-0.3, -0.25) is 4.79 Å². The molecule has 1 saturated heterocycles. The first-order chi connectivity index (χ1) is 8.34. The van der Waals surface area contributed by atoms with Gasteiger partial charge in [0, 0.05) is 19.8 Å². The van der Waals surface area contributed by atoms with Gasteiger partial charge in [0.1, 0.15) is 0 Å². The zero-order chi connectivity index (χ0) is 13.8. The zero-order valence-electron chi connectivity index (χ0n) is 10.8. The molecule has 0 amide bonds. The predicted molar refractivity (Wildman–Crippen MR) is 66.7 cm³/mol. The highest BCUT2D eigenvalue weighted by molar-refractivity contribution is 7.90. The van der Waals surface area contributed by atoms with E-state index in [4.69, 9.17) is 9.84 Å². The largest absolute Gasteiger partial charge is 0.481 e. The Morgan fingerprint density at radius 3 is 2.39 bits per heavy atom. The van der Waals surface area contributed by atoms with E-state index in [2.05, 4.69) is 4.72 Å². The summed E-state index contributed by atoms with van der Waals surface area (Å²) in [5, 5.41) is 8.53. The highest BCUT2D eigenvalue weighted by atomic mass is 32.2. The van der Waals surface area contributed by atoms with E-state index in [0.717, 1.165) is 0 Å². The van der Waals surface area contributed by atoms with E-state index in [0.29, 0.717) is 26.1 Å². The Balaban J connectivity index is 2.57. The smallest absolute Gasteiger partial charge is 0.308 e. The van der Waals surface area contributed by atoms with Gasteiger partial charge in [-0.15, -0.1) is 0 Å². The lowest BCUT2D eigenvalue weighted by molar-refractivity contribution is -0.142. The molecule has 0 spiro atoms. The molecule has 0 aromatic rings. The number of nitrogens with one attached hydrogen (secondary N) is 1. The number of sulfonamides is 1. The topological polar surface area (TPSA) is 92.7 Å². The Bertz CT molecular complexity index is 373. The molecule has 7 heteroatoms. The van der Waals surface area contributed by atoms with Crippen LogP contribution in [-0.2, 0) is 19.6 Å². The molecule has 0 aromatic carbocycles. The van der Waals surface area contributed by atoms with E-state index in [-0.39, 0.29) is 12.5 Å². The molecule has 0 radical (unpaired) electrons. The fraction of sp³-hybridized carbons (Fsp3) is 0.909. The third kappa shape index (κ3) is 4.22. The Kier molecular flexibility index (Phi) is 5.55. The van der Waals surface area contributed by atoms with Crippen molar-refractivity contribution in [3.8, 4) is 0 Å². The van der Waals surface area contributed by atoms with Gasteiger partial charge in [-0.2, -0.15) is 0 Å². The maximum atomic E-state index is 12.0. The second-order valence-corrected chi connectivity index (χ2v) is 6.94. The minimum Gasteiger partial charge on any atom is -0.481 e. The summed E-state index contributed by atoms with van der Waals surface area (Å²) < 4.78 is 31.5. The molecular formula is C11H21NO5S. The molecule has 6 nitrogen and oxygen atoms in total. The average molecular weight is 279 g/mol. The van der Waals surface area contributed by atoms with Crippen LogP contribution in [0.3, 0.4) is 0 Å². The molecule has 1 aliphatic rings. The second kappa shape index (κ2) is 6.49. The molecule has 1 fully saturated rings. The van der Waals surface area contributed by atoms with Crippen LogP contribution in [0.4, 0.5) is 0 Å². The summed E-state index contributed by atoms with van der Waals surface area (Å²) in [5.74, 6) is -1.78. The van der Waals surface area contributed by atoms with Crippen molar-refractivity contribution in [1.29, 1.82) is 0 Å². The number of carboxylic acid groups (broad SMARTS) is 1. The van der Waals surface area contributed by atoms with Crippen LogP contribution in [0.5, 0.6) is 0 Å². The minimum atomic E-state index is -3.44. The van der Waals surface area contributed by atoms with E-state index in [1.165, 1.54) is 0 Å². The lowest BCUT2D eigenvalue weighted by Crippen LogP contribution is -2.42. The first kappa shape index (κ1) is 15.4. The summed E-state index contributed by atoms with van der Waals surface area (Å²) in [6.45, 7) is 4.37. The number of carbonyl (C=O) groups is 1. The van der Waals surface area contributed by atoms with Crippen LogP contribution in [0.15, 0.2) is 0 Å². The summed E-state index contributed by atoms with van der Waals surface area (Å²) in [6.07, 6.45) is 0.934. The lowest BCUT2D eigenvalue weighted by Gasteiger charge is -2.24. The van der Waals surface area contributed by atoms with E-state index in [9.17, 15) is 13.2 Å². The Morgan fingerprint density at radius 1 is 1.39 bits per heavy atom. The van der Waals surface area contributed by atoms with Gasteiger partial charge in [0.05, 0.1) is 11.2 Å². The van der Waals surface area contributed by atoms with Gasteiger partial charge in [0.2, 0.25) is 10.0 Å². The molecule has 1 unspecified atom stereocenters. The molecule has 0 saturated carbocycles. The summed E-state index contributed by atoms with van der Waals surface area (Å²) in [4.78, 5) is 11.0. The number of aliphatic carboxylic acids is 1. The monoisotopic (exact) mass is 279 g/mol. The quantitative estimate of drug-likeness (QED) is 0.736. The number of carboxylic acids is 1. The average Bonchev–Trinajstić information content (AvgIpc) is 2.29. The molecule has 1 heterocycles. The molecule has 0 aromatic heterocycles. The van der Waals surface area contributed by atoms with Crippen LogP contribution in [0.1, 0.15) is 26.7 Å². The van der Waals surface area contributed by atoms with Crippen molar-refractivity contribution in [1.82, 2.24) is 4.72 Å². The van der Waals surface area contributed by atoms with Crippen LogP contribution in [0.25, 0.3) is 0 Å². The Hall–Kier alpha value is -0.660. The van der Waals surface area contributed by atoms with Gasteiger partial charge in [-0.25, -0.2) is 13.1 Å². The van der Waals surface area contributed by atoms with Crippen molar-refractivity contribution >= 4 is 16.0 Å². The maximum Gasteiger partial charge on any atom is 0.308 e. The van der Waals surface area contributed by atoms with E-state index >= 15 is 0 Å². The van der Waals surface area contributed by atoms with E-state index < -0.39 is 27.2 Å². The van der Waals surface area contributed by atoms with Crippen LogP contribution in [0.2, 0.25) is 0 Å². The Labute approximate surface area is 108 Å². The Morgan fingerprint density at radius 2 is 1.94 bits per heavy atom. The first-order valence-electron chi connectivity index (χ1n) is 6.13. The molecule has 1 aliphatic heterocycles. The normalized spacial score (nSPS) is 19.9. The fourth-order valence-corrected chi connectivity index (χ4v) is 3.38. The SMILES string of the molecule is CC(C)C(CNS(=O)(=O)C1CCOCC1)C(=O)O. The highest BCUT2D eigenvalue weighted by Gasteiger charge is 2.30. The third-order valence-corrected chi connectivity index (χ3v) is 5.15. The summed E-state index contributed by atoms with van der Waals surface area (Å²) in [5.41, 5.74) is 0.